The summed E-state index contributed by atoms with van der Waals surface area (Å²) in [5.74, 6) is 0.623. The molecule has 2 aromatic rings. The maximum Gasteiger partial charge on any atom is 0.191 e. The zero-order chi connectivity index (χ0) is 17.4. The lowest BCUT2D eigenvalue weighted by Gasteiger charge is -2.11. The Morgan fingerprint density at radius 1 is 1.17 bits per heavy atom. The second kappa shape index (κ2) is 9.19. The van der Waals surface area contributed by atoms with Crippen molar-refractivity contribution in [3.05, 3.63) is 51.1 Å². The van der Waals surface area contributed by atoms with Gasteiger partial charge in [-0.05, 0) is 42.1 Å². The molecule has 0 atom stereocenters. The Labute approximate surface area is 155 Å². The molecule has 1 heterocycles. The summed E-state index contributed by atoms with van der Waals surface area (Å²) in [6.07, 6.45) is 0.912. The molecule has 130 valence electrons. The minimum Gasteiger partial charge on any atom is -0.356 e. The molecule has 0 aliphatic rings. The molecule has 0 radical (unpaired) electrons. The van der Waals surface area contributed by atoms with Crippen molar-refractivity contribution in [3.8, 4) is 0 Å². The van der Waals surface area contributed by atoms with Crippen LogP contribution in [0, 0.1) is 0 Å². The first-order valence-corrected chi connectivity index (χ1v) is 10.8. The number of hydrogen-bond donors (Lipinski definition) is 2. The molecule has 2 N–H and O–H groups in total. The summed E-state index contributed by atoms with van der Waals surface area (Å²) in [6.45, 7) is 1.05. The monoisotopic (exact) mass is 429 g/mol. The highest BCUT2D eigenvalue weighted by atomic mass is 79.9. The van der Waals surface area contributed by atoms with Crippen molar-refractivity contribution in [3.63, 3.8) is 0 Å². The minimum atomic E-state index is -3.30. The number of benzene rings is 1. The summed E-state index contributed by atoms with van der Waals surface area (Å²) >= 11 is 5.02. The van der Waals surface area contributed by atoms with Gasteiger partial charge in [0.2, 0.25) is 0 Å². The second-order valence-corrected chi connectivity index (χ2v) is 9.08. The van der Waals surface area contributed by atoms with Crippen LogP contribution in [-0.4, -0.2) is 40.3 Å². The highest BCUT2D eigenvalue weighted by Crippen LogP contribution is 2.15. The average Bonchev–Trinajstić information content (AvgIpc) is 3.07. The third-order valence-electron chi connectivity index (χ3n) is 3.30. The molecular formula is C16H20BrN3O2S2. The van der Waals surface area contributed by atoms with Crippen LogP contribution in [0.15, 0.2) is 56.1 Å². The molecule has 0 aliphatic carbocycles. The fourth-order valence-electron chi connectivity index (χ4n) is 2.04. The number of rotatable bonds is 7. The molecule has 5 nitrogen and oxygen atoms in total. The highest BCUT2D eigenvalue weighted by Gasteiger charge is 2.14. The fourth-order valence-corrected chi connectivity index (χ4v) is 4.17. The summed E-state index contributed by atoms with van der Waals surface area (Å²) in [7, 11) is -1.63. The number of sulfone groups is 1. The van der Waals surface area contributed by atoms with Gasteiger partial charge in [0.25, 0.3) is 0 Å². The van der Waals surface area contributed by atoms with Crippen molar-refractivity contribution < 1.29 is 8.42 Å². The Balaban J connectivity index is 1.77. The zero-order valence-electron chi connectivity index (χ0n) is 13.3. The van der Waals surface area contributed by atoms with Gasteiger partial charge in [0, 0.05) is 29.5 Å². The molecule has 0 bridgehead atoms. The highest BCUT2D eigenvalue weighted by molar-refractivity contribution is 9.10. The molecule has 0 aliphatic heterocycles. The number of hydrogen-bond acceptors (Lipinski definition) is 4. The van der Waals surface area contributed by atoms with Crippen molar-refractivity contribution >= 4 is 43.1 Å². The smallest absolute Gasteiger partial charge is 0.191 e. The van der Waals surface area contributed by atoms with Gasteiger partial charge in [-0.3, -0.25) is 4.99 Å². The summed E-state index contributed by atoms with van der Waals surface area (Å²) in [4.78, 5) is 5.74. The van der Waals surface area contributed by atoms with Crippen LogP contribution in [0.4, 0.5) is 0 Å². The third-order valence-corrected chi connectivity index (χ3v) is 6.50. The molecule has 24 heavy (non-hydrogen) atoms. The lowest BCUT2D eigenvalue weighted by molar-refractivity contribution is 0.594. The molecule has 0 spiro atoms. The largest absolute Gasteiger partial charge is 0.356 e. The number of aliphatic imine (C=N–C) groups is 1. The second-order valence-electron chi connectivity index (χ2n) is 5.03. The molecule has 0 unspecified atom stereocenters. The van der Waals surface area contributed by atoms with Crippen molar-refractivity contribution in [2.24, 2.45) is 4.99 Å². The SMILES string of the molecule is CN=C(NCCc1cccs1)NCCS(=O)(=O)c1ccc(Br)cc1. The topological polar surface area (TPSA) is 70.6 Å². The van der Waals surface area contributed by atoms with Crippen LogP contribution < -0.4 is 10.6 Å². The molecular weight excluding hydrogens is 410 g/mol. The van der Waals surface area contributed by atoms with E-state index in [0.29, 0.717) is 17.4 Å². The molecule has 0 saturated carbocycles. The lowest BCUT2D eigenvalue weighted by Crippen LogP contribution is -2.40. The van der Waals surface area contributed by atoms with E-state index in [1.165, 1.54) is 4.88 Å². The van der Waals surface area contributed by atoms with Crippen LogP contribution in [0.2, 0.25) is 0 Å². The normalized spacial score (nSPS) is 12.2. The van der Waals surface area contributed by atoms with Crippen molar-refractivity contribution in [1.82, 2.24) is 10.6 Å². The maximum absolute atomic E-state index is 12.3. The number of guanidine groups is 1. The number of halogens is 1. The Hall–Kier alpha value is -1.38. The van der Waals surface area contributed by atoms with E-state index >= 15 is 0 Å². The van der Waals surface area contributed by atoms with Gasteiger partial charge in [0.15, 0.2) is 15.8 Å². The van der Waals surface area contributed by atoms with Gasteiger partial charge in [-0.1, -0.05) is 22.0 Å². The van der Waals surface area contributed by atoms with E-state index < -0.39 is 9.84 Å². The van der Waals surface area contributed by atoms with E-state index in [0.717, 1.165) is 17.4 Å². The van der Waals surface area contributed by atoms with Gasteiger partial charge in [-0.15, -0.1) is 11.3 Å². The van der Waals surface area contributed by atoms with Crippen LogP contribution in [0.25, 0.3) is 0 Å². The minimum absolute atomic E-state index is 0.0141. The Morgan fingerprint density at radius 2 is 1.88 bits per heavy atom. The maximum atomic E-state index is 12.3. The Bertz CT molecular complexity index is 757. The van der Waals surface area contributed by atoms with E-state index in [-0.39, 0.29) is 5.75 Å². The molecule has 1 aromatic heterocycles. The van der Waals surface area contributed by atoms with Gasteiger partial charge in [-0.2, -0.15) is 0 Å². The van der Waals surface area contributed by atoms with Gasteiger partial charge in [-0.25, -0.2) is 8.42 Å². The van der Waals surface area contributed by atoms with Gasteiger partial charge >= 0.3 is 0 Å². The molecule has 1 aromatic carbocycles. The predicted octanol–water partition coefficient (Wildman–Crippen LogP) is 2.69. The molecule has 0 saturated heterocycles. The molecule has 0 amide bonds. The van der Waals surface area contributed by atoms with Gasteiger partial charge in [0.1, 0.15) is 0 Å². The quantitative estimate of drug-likeness (QED) is 0.524. The van der Waals surface area contributed by atoms with Crippen LogP contribution in [0.5, 0.6) is 0 Å². The van der Waals surface area contributed by atoms with Crippen molar-refractivity contribution in [2.45, 2.75) is 11.3 Å². The Kier molecular flexibility index (Phi) is 7.26. The zero-order valence-corrected chi connectivity index (χ0v) is 16.5. The summed E-state index contributed by atoms with van der Waals surface area (Å²) in [5, 5.41) is 8.28. The fraction of sp³-hybridized carbons (Fsp3) is 0.312. The summed E-state index contributed by atoms with van der Waals surface area (Å²) in [6, 6.07) is 10.8. The molecule has 0 fully saturated rings. The van der Waals surface area contributed by atoms with E-state index in [9.17, 15) is 8.42 Å². The van der Waals surface area contributed by atoms with Crippen molar-refractivity contribution in [1.29, 1.82) is 0 Å². The number of thiophene rings is 1. The van der Waals surface area contributed by atoms with E-state index in [2.05, 4.69) is 43.0 Å². The third kappa shape index (κ3) is 5.92. The number of nitrogens with one attached hydrogen (secondary N) is 2. The standard InChI is InChI=1S/C16H20BrN3O2S2/c1-18-16(19-9-8-14-3-2-11-23-14)20-10-12-24(21,22)15-6-4-13(17)5-7-15/h2-7,11H,8-10,12H2,1H3,(H2,18,19,20). The molecule has 8 heteroatoms. The van der Waals surface area contributed by atoms with E-state index in [1.54, 1.807) is 42.6 Å². The first-order chi connectivity index (χ1) is 11.5. The van der Waals surface area contributed by atoms with E-state index in [1.807, 2.05) is 6.07 Å². The summed E-state index contributed by atoms with van der Waals surface area (Å²) < 4.78 is 25.4. The first-order valence-electron chi connectivity index (χ1n) is 7.46. The van der Waals surface area contributed by atoms with Crippen LogP contribution in [0.3, 0.4) is 0 Å². The van der Waals surface area contributed by atoms with E-state index in [4.69, 9.17) is 0 Å². The van der Waals surface area contributed by atoms with Crippen LogP contribution in [-0.2, 0) is 16.3 Å². The average molecular weight is 430 g/mol. The molecule has 2 rings (SSSR count). The van der Waals surface area contributed by atoms with Gasteiger partial charge < -0.3 is 10.6 Å². The first kappa shape index (κ1) is 19.0. The van der Waals surface area contributed by atoms with Crippen molar-refractivity contribution in [2.75, 3.05) is 25.9 Å². The number of nitrogens with zero attached hydrogens (tertiary/aromatic N) is 1. The summed E-state index contributed by atoms with van der Waals surface area (Å²) in [5.41, 5.74) is 0. The van der Waals surface area contributed by atoms with Gasteiger partial charge in [0.05, 0.1) is 10.6 Å². The Morgan fingerprint density at radius 3 is 2.50 bits per heavy atom. The predicted molar refractivity (Wildman–Crippen MR) is 104 cm³/mol. The van der Waals surface area contributed by atoms with Crippen LogP contribution >= 0.6 is 27.3 Å². The lowest BCUT2D eigenvalue weighted by atomic mass is 10.3. The van der Waals surface area contributed by atoms with Crippen LogP contribution in [0.1, 0.15) is 4.88 Å².